The van der Waals surface area contributed by atoms with Crippen molar-refractivity contribution in [3.8, 4) is 5.69 Å². The number of rotatable bonds is 1. The van der Waals surface area contributed by atoms with Crippen LogP contribution in [0.3, 0.4) is 0 Å². The summed E-state index contributed by atoms with van der Waals surface area (Å²) in [5.74, 6) is 0.280. The Kier molecular flexibility index (Phi) is 2.45. The number of aromatic nitrogens is 2. The van der Waals surface area contributed by atoms with E-state index < -0.39 is 0 Å². The van der Waals surface area contributed by atoms with Crippen LogP contribution in [0, 0.1) is 5.41 Å². The normalized spacial score (nSPS) is 20.9. The largest absolute Gasteiger partial charge is 0.326 e. The summed E-state index contributed by atoms with van der Waals surface area (Å²) in [5.41, 5.74) is 4.87. The zero-order valence-corrected chi connectivity index (χ0v) is 12.8. The Bertz CT molecular complexity index is 861. The summed E-state index contributed by atoms with van der Waals surface area (Å²) in [6.07, 6.45) is 6.93. The maximum absolute atomic E-state index is 12.6. The smallest absolute Gasteiger partial charge is 0.224 e. The molecular formula is C18H17N3O2. The number of anilines is 1. The number of ketones is 1. The van der Waals surface area contributed by atoms with E-state index in [9.17, 15) is 9.59 Å². The van der Waals surface area contributed by atoms with Crippen molar-refractivity contribution in [2.45, 2.75) is 38.5 Å². The van der Waals surface area contributed by atoms with Crippen molar-refractivity contribution in [2.75, 3.05) is 5.32 Å². The number of nitrogens with one attached hydrogen (secondary N) is 1. The third kappa shape index (κ3) is 1.96. The van der Waals surface area contributed by atoms with Gasteiger partial charge in [-0.25, -0.2) is 4.98 Å². The third-order valence-corrected chi connectivity index (χ3v) is 5.41. The Morgan fingerprint density at radius 2 is 2.00 bits per heavy atom. The fraction of sp³-hybridized carbons (Fsp3) is 0.389. The Morgan fingerprint density at radius 3 is 2.83 bits per heavy atom. The maximum Gasteiger partial charge on any atom is 0.224 e. The van der Waals surface area contributed by atoms with Gasteiger partial charge in [-0.05, 0) is 54.9 Å². The molecule has 1 aliphatic heterocycles. The number of aryl methyl sites for hydroxylation is 1. The molecule has 0 unspecified atom stereocenters. The summed E-state index contributed by atoms with van der Waals surface area (Å²) < 4.78 is 1.92. The zero-order chi connectivity index (χ0) is 15.6. The monoisotopic (exact) mass is 307 g/mol. The molecule has 1 aromatic carbocycles. The lowest BCUT2D eigenvalue weighted by atomic mass is 9.86. The van der Waals surface area contributed by atoms with E-state index >= 15 is 0 Å². The van der Waals surface area contributed by atoms with E-state index in [1.165, 1.54) is 0 Å². The fourth-order valence-corrected chi connectivity index (χ4v) is 3.90. The van der Waals surface area contributed by atoms with Crippen LogP contribution in [0.5, 0.6) is 0 Å². The summed E-state index contributed by atoms with van der Waals surface area (Å²) in [6.45, 7) is 0. The number of hydrogen-bond acceptors (Lipinski definition) is 3. The van der Waals surface area contributed by atoms with Gasteiger partial charge in [0, 0.05) is 24.2 Å². The molecule has 2 aliphatic carbocycles. The zero-order valence-electron chi connectivity index (χ0n) is 12.8. The highest BCUT2D eigenvalue weighted by Gasteiger charge is 2.49. The van der Waals surface area contributed by atoms with Gasteiger partial charge in [0.05, 0.1) is 5.69 Å². The molecule has 1 amide bonds. The van der Waals surface area contributed by atoms with Crippen LogP contribution < -0.4 is 5.32 Å². The highest BCUT2D eigenvalue weighted by Crippen LogP contribution is 2.54. The van der Waals surface area contributed by atoms with Gasteiger partial charge in [-0.15, -0.1) is 0 Å². The molecule has 2 heterocycles. The van der Waals surface area contributed by atoms with Gasteiger partial charge in [-0.2, -0.15) is 0 Å². The van der Waals surface area contributed by atoms with E-state index in [2.05, 4.69) is 16.4 Å². The SMILES string of the molecule is O=C1CCc2cc(-n3cnc4c3C(=O)CC3(CC3)C4)ccc2N1. The molecule has 1 aromatic heterocycles. The van der Waals surface area contributed by atoms with Crippen molar-refractivity contribution in [3.63, 3.8) is 0 Å². The first-order chi connectivity index (χ1) is 11.1. The van der Waals surface area contributed by atoms with E-state index in [0.717, 1.165) is 54.0 Å². The number of carbonyl (C=O) groups is 2. The quantitative estimate of drug-likeness (QED) is 0.881. The van der Waals surface area contributed by atoms with E-state index in [4.69, 9.17) is 0 Å². The second-order valence-electron chi connectivity index (χ2n) is 7.08. The van der Waals surface area contributed by atoms with Crippen molar-refractivity contribution in [1.29, 1.82) is 0 Å². The van der Waals surface area contributed by atoms with Crippen molar-refractivity contribution in [2.24, 2.45) is 5.41 Å². The fourth-order valence-electron chi connectivity index (χ4n) is 3.90. The lowest BCUT2D eigenvalue weighted by Crippen LogP contribution is -2.23. The van der Waals surface area contributed by atoms with Gasteiger partial charge >= 0.3 is 0 Å². The van der Waals surface area contributed by atoms with Crippen LogP contribution in [0.25, 0.3) is 5.69 Å². The molecule has 1 spiro atoms. The Balaban J connectivity index is 1.57. The Morgan fingerprint density at radius 1 is 1.13 bits per heavy atom. The van der Waals surface area contributed by atoms with Gasteiger partial charge in [-0.3, -0.25) is 14.2 Å². The van der Waals surface area contributed by atoms with Crippen LogP contribution in [-0.4, -0.2) is 21.2 Å². The molecule has 0 atom stereocenters. The second-order valence-corrected chi connectivity index (χ2v) is 7.08. The Hall–Kier alpha value is -2.43. The van der Waals surface area contributed by atoms with Crippen LogP contribution in [0.1, 0.15) is 47.4 Å². The minimum atomic E-state index is 0.0650. The molecule has 0 bridgehead atoms. The lowest BCUT2D eigenvalue weighted by Gasteiger charge is -2.22. The third-order valence-electron chi connectivity index (χ3n) is 5.41. The molecule has 2 aromatic rings. The number of carbonyl (C=O) groups excluding carboxylic acids is 2. The van der Waals surface area contributed by atoms with Gasteiger partial charge in [0.1, 0.15) is 12.0 Å². The molecule has 1 saturated carbocycles. The number of fused-ring (bicyclic) bond motifs is 2. The first-order valence-electron chi connectivity index (χ1n) is 8.16. The summed E-state index contributed by atoms with van der Waals surface area (Å²) >= 11 is 0. The average Bonchev–Trinajstić information content (AvgIpc) is 3.12. The molecule has 5 nitrogen and oxygen atoms in total. The van der Waals surface area contributed by atoms with Crippen LogP contribution in [0.4, 0.5) is 5.69 Å². The highest BCUT2D eigenvalue weighted by atomic mass is 16.1. The van der Waals surface area contributed by atoms with Crippen LogP contribution >= 0.6 is 0 Å². The van der Waals surface area contributed by atoms with Crippen molar-refractivity contribution < 1.29 is 9.59 Å². The molecule has 0 saturated heterocycles. The highest BCUT2D eigenvalue weighted by molar-refractivity contribution is 5.98. The van der Waals surface area contributed by atoms with Gasteiger partial charge < -0.3 is 5.32 Å². The summed E-state index contributed by atoms with van der Waals surface area (Å²) in [5, 5.41) is 2.89. The first kappa shape index (κ1) is 13.0. The Labute approximate surface area is 133 Å². The molecule has 116 valence electrons. The number of nitrogens with zero attached hydrogens (tertiary/aromatic N) is 2. The lowest BCUT2D eigenvalue weighted by molar-refractivity contribution is -0.116. The van der Waals surface area contributed by atoms with Gasteiger partial charge in [0.25, 0.3) is 0 Å². The van der Waals surface area contributed by atoms with E-state index in [1.807, 2.05) is 16.7 Å². The summed E-state index contributed by atoms with van der Waals surface area (Å²) in [4.78, 5) is 28.6. The summed E-state index contributed by atoms with van der Waals surface area (Å²) in [7, 11) is 0. The summed E-state index contributed by atoms with van der Waals surface area (Å²) in [6, 6.07) is 5.93. The molecule has 3 aliphatic rings. The average molecular weight is 307 g/mol. The van der Waals surface area contributed by atoms with Crippen LogP contribution in [0.2, 0.25) is 0 Å². The van der Waals surface area contributed by atoms with Crippen molar-refractivity contribution in [1.82, 2.24) is 9.55 Å². The minimum absolute atomic E-state index is 0.0650. The second kappa shape index (κ2) is 4.31. The van der Waals surface area contributed by atoms with Crippen molar-refractivity contribution in [3.05, 3.63) is 41.5 Å². The number of benzene rings is 1. The first-order valence-corrected chi connectivity index (χ1v) is 8.16. The molecule has 1 fully saturated rings. The molecule has 5 rings (SSSR count). The molecular weight excluding hydrogens is 290 g/mol. The number of amides is 1. The number of Topliss-reactive ketones (excluding diaryl/α,β-unsaturated/α-hetero) is 1. The van der Waals surface area contributed by atoms with E-state index in [-0.39, 0.29) is 17.1 Å². The van der Waals surface area contributed by atoms with Crippen LogP contribution in [-0.2, 0) is 17.6 Å². The van der Waals surface area contributed by atoms with E-state index in [0.29, 0.717) is 12.8 Å². The standard InChI is InChI=1S/C18H17N3O2/c22-15-9-18(5-6-18)8-14-17(15)21(10-19-14)12-2-3-13-11(7-12)1-4-16(23)20-13/h2-3,7,10H,1,4-6,8-9H2,(H,20,23). The van der Waals surface area contributed by atoms with E-state index in [1.54, 1.807) is 6.33 Å². The van der Waals surface area contributed by atoms with Gasteiger partial charge in [0.15, 0.2) is 5.78 Å². The number of imidazole rings is 1. The number of hydrogen-bond donors (Lipinski definition) is 1. The predicted octanol–water partition coefficient (Wildman–Crippen LogP) is 2.67. The topological polar surface area (TPSA) is 64.0 Å². The minimum Gasteiger partial charge on any atom is -0.326 e. The van der Waals surface area contributed by atoms with Crippen LogP contribution in [0.15, 0.2) is 24.5 Å². The predicted molar refractivity (Wildman–Crippen MR) is 84.8 cm³/mol. The van der Waals surface area contributed by atoms with Gasteiger partial charge in [0.2, 0.25) is 5.91 Å². The molecule has 1 N–H and O–H groups in total. The molecule has 23 heavy (non-hydrogen) atoms. The van der Waals surface area contributed by atoms with Crippen molar-refractivity contribution >= 4 is 17.4 Å². The molecule has 5 heteroatoms. The maximum atomic E-state index is 12.6. The van der Waals surface area contributed by atoms with Gasteiger partial charge in [-0.1, -0.05) is 0 Å². The molecule has 0 radical (unpaired) electrons.